The summed E-state index contributed by atoms with van der Waals surface area (Å²) < 4.78 is 2.10. The molecule has 0 radical (unpaired) electrons. The van der Waals surface area contributed by atoms with E-state index in [9.17, 15) is 0 Å². The zero-order valence-corrected chi connectivity index (χ0v) is 12.5. The first-order chi connectivity index (χ1) is 8.56. The van der Waals surface area contributed by atoms with Crippen LogP contribution in [0.1, 0.15) is 58.2 Å². The predicted octanol–water partition coefficient (Wildman–Crippen LogP) is 3.61. The number of rotatable bonds is 4. The monoisotopic (exact) mass is 269 g/mol. The molecule has 1 aliphatic carbocycles. The summed E-state index contributed by atoms with van der Waals surface area (Å²) in [6.07, 6.45) is 4.24. The molecule has 1 heterocycles. The third-order valence-electron chi connectivity index (χ3n) is 4.15. The summed E-state index contributed by atoms with van der Waals surface area (Å²) in [5, 5.41) is 8.84. The van der Waals surface area contributed by atoms with Gasteiger partial charge in [-0.05, 0) is 39.2 Å². The van der Waals surface area contributed by atoms with E-state index in [1.165, 1.54) is 18.5 Å². The second-order valence-electron chi connectivity index (χ2n) is 5.62. The van der Waals surface area contributed by atoms with Gasteiger partial charge in [-0.25, -0.2) is 0 Å². The SMILES string of the molecule is CCNC1CCC(c2c(Cl)cnn2C(C)C)C1C. The smallest absolute Gasteiger partial charge is 0.0820 e. The van der Waals surface area contributed by atoms with E-state index >= 15 is 0 Å². The molecular weight excluding hydrogens is 246 g/mol. The maximum absolute atomic E-state index is 6.36. The van der Waals surface area contributed by atoms with E-state index in [-0.39, 0.29) is 0 Å². The van der Waals surface area contributed by atoms with E-state index in [0.29, 0.717) is 23.9 Å². The van der Waals surface area contributed by atoms with Gasteiger partial charge in [0.1, 0.15) is 0 Å². The van der Waals surface area contributed by atoms with Crippen LogP contribution in [0.5, 0.6) is 0 Å². The van der Waals surface area contributed by atoms with Crippen LogP contribution in [0.2, 0.25) is 5.02 Å². The molecule has 102 valence electrons. The van der Waals surface area contributed by atoms with E-state index in [4.69, 9.17) is 11.6 Å². The molecule has 2 rings (SSSR count). The Morgan fingerprint density at radius 1 is 1.50 bits per heavy atom. The molecule has 1 fully saturated rings. The number of halogens is 1. The van der Waals surface area contributed by atoms with Crippen LogP contribution in [0.3, 0.4) is 0 Å². The summed E-state index contributed by atoms with van der Waals surface area (Å²) in [7, 11) is 0. The van der Waals surface area contributed by atoms with Crippen LogP contribution in [0, 0.1) is 5.92 Å². The maximum Gasteiger partial charge on any atom is 0.0820 e. The van der Waals surface area contributed by atoms with Crippen molar-refractivity contribution in [3.05, 3.63) is 16.9 Å². The average molecular weight is 270 g/mol. The summed E-state index contributed by atoms with van der Waals surface area (Å²) in [6, 6.07) is 0.990. The third-order valence-corrected chi connectivity index (χ3v) is 4.44. The van der Waals surface area contributed by atoms with Crippen molar-refractivity contribution in [1.82, 2.24) is 15.1 Å². The molecule has 18 heavy (non-hydrogen) atoms. The van der Waals surface area contributed by atoms with Crippen LogP contribution >= 0.6 is 11.6 Å². The van der Waals surface area contributed by atoms with Crippen LogP contribution < -0.4 is 5.32 Å². The lowest BCUT2D eigenvalue weighted by Crippen LogP contribution is -2.32. The number of aromatic nitrogens is 2. The van der Waals surface area contributed by atoms with Crippen molar-refractivity contribution < 1.29 is 0 Å². The lowest BCUT2D eigenvalue weighted by atomic mass is 9.92. The highest BCUT2D eigenvalue weighted by Crippen LogP contribution is 2.42. The van der Waals surface area contributed by atoms with Gasteiger partial charge in [0, 0.05) is 18.0 Å². The summed E-state index contributed by atoms with van der Waals surface area (Å²) in [4.78, 5) is 0. The van der Waals surface area contributed by atoms with Crippen molar-refractivity contribution >= 4 is 11.6 Å². The Balaban J connectivity index is 2.25. The number of hydrogen-bond donors (Lipinski definition) is 1. The fourth-order valence-corrected chi connectivity index (χ4v) is 3.48. The topological polar surface area (TPSA) is 29.9 Å². The minimum atomic E-state index is 0.373. The molecule has 0 amide bonds. The molecule has 0 saturated heterocycles. The zero-order chi connectivity index (χ0) is 13.3. The van der Waals surface area contributed by atoms with Crippen LogP contribution in [0.15, 0.2) is 6.20 Å². The number of nitrogens with one attached hydrogen (secondary N) is 1. The van der Waals surface area contributed by atoms with Gasteiger partial charge in [0.2, 0.25) is 0 Å². The average Bonchev–Trinajstić information content (AvgIpc) is 2.85. The summed E-state index contributed by atoms with van der Waals surface area (Å²) >= 11 is 6.36. The first kappa shape index (κ1) is 13.9. The highest BCUT2D eigenvalue weighted by Gasteiger charge is 2.36. The van der Waals surface area contributed by atoms with E-state index in [0.717, 1.165) is 11.6 Å². The first-order valence-corrected chi connectivity index (χ1v) is 7.40. The molecule has 1 saturated carbocycles. The Bertz CT molecular complexity index is 400. The molecule has 1 aromatic rings. The van der Waals surface area contributed by atoms with Gasteiger partial charge in [-0.15, -0.1) is 0 Å². The van der Waals surface area contributed by atoms with Crippen LogP contribution in [-0.2, 0) is 0 Å². The fraction of sp³-hybridized carbons (Fsp3) is 0.786. The largest absolute Gasteiger partial charge is 0.314 e. The van der Waals surface area contributed by atoms with E-state index in [2.05, 4.69) is 42.8 Å². The van der Waals surface area contributed by atoms with Crippen molar-refractivity contribution in [2.45, 2.75) is 58.5 Å². The van der Waals surface area contributed by atoms with Gasteiger partial charge in [-0.2, -0.15) is 5.10 Å². The molecule has 0 aliphatic heterocycles. The van der Waals surface area contributed by atoms with Gasteiger partial charge in [-0.1, -0.05) is 25.4 Å². The number of hydrogen-bond acceptors (Lipinski definition) is 2. The number of nitrogens with zero attached hydrogens (tertiary/aromatic N) is 2. The maximum atomic E-state index is 6.36. The first-order valence-electron chi connectivity index (χ1n) is 7.02. The second kappa shape index (κ2) is 5.62. The molecular formula is C14H24ClN3. The Morgan fingerprint density at radius 3 is 2.83 bits per heavy atom. The van der Waals surface area contributed by atoms with Crippen molar-refractivity contribution in [2.75, 3.05) is 6.54 Å². The highest BCUT2D eigenvalue weighted by atomic mass is 35.5. The molecule has 1 aliphatic rings. The van der Waals surface area contributed by atoms with Gasteiger partial charge in [0.25, 0.3) is 0 Å². The van der Waals surface area contributed by atoms with Crippen LogP contribution in [0.25, 0.3) is 0 Å². The summed E-state index contributed by atoms with van der Waals surface area (Å²) in [6.45, 7) is 9.87. The standard InChI is InChI=1S/C14H24ClN3/c1-5-16-13-7-6-11(10(13)4)14-12(15)8-17-18(14)9(2)3/h8-11,13,16H,5-7H2,1-4H3. The molecule has 0 bridgehead atoms. The normalized spacial score (nSPS) is 28.2. The highest BCUT2D eigenvalue weighted by molar-refractivity contribution is 6.31. The molecule has 1 aromatic heterocycles. The van der Waals surface area contributed by atoms with E-state index < -0.39 is 0 Å². The lowest BCUT2D eigenvalue weighted by Gasteiger charge is -2.23. The van der Waals surface area contributed by atoms with Gasteiger partial charge in [0.05, 0.1) is 16.9 Å². The molecule has 1 N–H and O–H groups in total. The molecule has 4 heteroatoms. The quantitative estimate of drug-likeness (QED) is 0.905. The van der Waals surface area contributed by atoms with Gasteiger partial charge in [-0.3, -0.25) is 4.68 Å². The van der Waals surface area contributed by atoms with Crippen molar-refractivity contribution in [2.24, 2.45) is 5.92 Å². The van der Waals surface area contributed by atoms with E-state index in [1.807, 2.05) is 0 Å². The molecule has 0 aromatic carbocycles. The van der Waals surface area contributed by atoms with Gasteiger partial charge >= 0.3 is 0 Å². The summed E-state index contributed by atoms with van der Waals surface area (Å²) in [5.74, 6) is 1.16. The Hall–Kier alpha value is -0.540. The van der Waals surface area contributed by atoms with Crippen molar-refractivity contribution in [3.63, 3.8) is 0 Å². The lowest BCUT2D eigenvalue weighted by molar-refractivity contribution is 0.390. The molecule has 0 spiro atoms. The zero-order valence-electron chi connectivity index (χ0n) is 11.8. The van der Waals surface area contributed by atoms with Gasteiger partial charge in [0.15, 0.2) is 0 Å². The predicted molar refractivity (Wildman–Crippen MR) is 76.2 cm³/mol. The molecule has 3 atom stereocenters. The van der Waals surface area contributed by atoms with Crippen molar-refractivity contribution in [3.8, 4) is 0 Å². The van der Waals surface area contributed by atoms with E-state index in [1.54, 1.807) is 6.20 Å². The third kappa shape index (κ3) is 2.43. The Morgan fingerprint density at radius 2 is 2.22 bits per heavy atom. The molecule has 3 unspecified atom stereocenters. The van der Waals surface area contributed by atoms with Crippen LogP contribution in [-0.4, -0.2) is 22.4 Å². The molecule has 3 nitrogen and oxygen atoms in total. The minimum Gasteiger partial charge on any atom is -0.314 e. The Labute approximate surface area is 115 Å². The minimum absolute atomic E-state index is 0.373. The fourth-order valence-electron chi connectivity index (χ4n) is 3.21. The van der Waals surface area contributed by atoms with Crippen LogP contribution in [0.4, 0.5) is 0 Å². The van der Waals surface area contributed by atoms with Gasteiger partial charge < -0.3 is 5.32 Å². The second-order valence-corrected chi connectivity index (χ2v) is 6.03. The summed E-state index contributed by atoms with van der Waals surface area (Å²) in [5.41, 5.74) is 1.24. The Kier molecular flexibility index (Phi) is 4.33. The van der Waals surface area contributed by atoms with Crippen molar-refractivity contribution in [1.29, 1.82) is 0 Å².